The highest BCUT2D eigenvalue weighted by molar-refractivity contribution is 5.97. The smallest absolute Gasteiger partial charge is 0.341 e. The van der Waals surface area contributed by atoms with Crippen LogP contribution in [0.1, 0.15) is 42.1 Å². The standard InChI is InChI=1S/C22H25F2N3O4/c1-31-21-18-14(20(28)15(22(29)30)9-27(18)13-4-5-13)6-16(23)19(21)26-8-11(17(24)10-26)7-25-12-2-3-12/h6,9,11-13,17,25H,2-5,7-8,10H2,1H3,(H,29,30). The van der Waals surface area contributed by atoms with Crippen molar-refractivity contribution in [3.8, 4) is 5.75 Å². The molecule has 0 radical (unpaired) electrons. The van der Waals surface area contributed by atoms with Crippen molar-refractivity contribution in [3.63, 3.8) is 0 Å². The van der Waals surface area contributed by atoms with Gasteiger partial charge in [0.05, 0.1) is 18.0 Å². The quantitative estimate of drug-likeness (QED) is 0.699. The fourth-order valence-corrected chi connectivity index (χ4v) is 4.54. The van der Waals surface area contributed by atoms with Gasteiger partial charge in [-0.2, -0.15) is 0 Å². The molecule has 1 aliphatic heterocycles. The molecular formula is C22H25F2N3O4. The maximum Gasteiger partial charge on any atom is 0.341 e. The number of hydrogen-bond acceptors (Lipinski definition) is 5. The number of carbonyl (C=O) groups is 1. The molecule has 2 unspecified atom stereocenters. The van der Waals surface area contributed by atoms with Crippen LogP contribution in [0.15, 0.2) is 17.1 Å². The van der Waals surface area contributed by atoms with Gasteiger partial charge in [-0.05, 0) is 31.7 Å². The Bertz CT molecular complexity index is 1110. The average molecular weight is 433 g/mol. The van der Waals surface area contributed by atoms with E-state index in [-0.39, 0.29) is 35.3 Å². The Morgan fingerprint density at radius 1 is 1.29 bits per heavy atom. The summed E-state index contributed by atoms with van der Waals surface area (Å²) in [5, 5.41) is 12.7. The zero-order chi connectivity index (χ0) is 21.9. The Kier molecular flexibility index (Phi) is 4.88. The molecule has 3 fully saturated rings. The number of aromatic carboxylic acids is 1. The van der Waals surface area contributed by atoms with Crippen LogP contribution in [0.5, 0.6) is 5.75 Å². The number of ether oxygens (including phenoxy) is 1. The number of hydrogen-bond donors (Lipinski definition) is 2. The minimum atomic E-state index is -1.35. The molecule has 1 aromatic heterocycles. The van der Waals surface area contributed by atoms with Gasteiger partial charge in [0.2, 0.25) is 5.43 Å². The van der Waals surface area contributed by atoms with Crippen molar-refractivity contribution >= 4 is 22.6 Å². The number of methoxy groups -OCH3 is 1. The third kappa shape index (κ3) is 3.54. The van der Waals surface area contributed by atoms with E-state index < -0.39 is 29.0 Å². The van der Waals surface area contributed by atoms with Crippen LogP contribution in [0.2, 0.25) is 0 Å². The Morgan fingerprint density at radius 2 is 2.03 bits per heavy atom. The Morgan fingerprint density at radius 3 is 2.65 bits per heavy atom. The maximum atomic E-state index is 15.3. The molecule has 2 N–H and O–H groups in total. The fraction of sp³-hybridized carbons (Fsp3) is 0.545. The first-order valence-corrected chi connectivity index (χ1v) is 10.7. The first kappa shape index (κ1) is 20.2. The summed E-state index contributed by atoms with van der Waals surface area (Å²) in [6, 6.07) is 1.56. The minimum Gasteiger partial charge on any atom is -0.492 e. The number of rotatable bonds is 7. The number of carboxylic acids is 1. The molecule has 2 saturated carbocycles. The fourth-order valence-electron chi connectivity index (χ4n) is 4.54. The Labute approximate surface area is 177 Å². The molecule has 2 aliphatic carbocycles. The molecule has 5 rings (SSSR count). The molecule has 1 aromatic carbocycles. The van der Waals surface area contributed by atoms with Crippen LogP contribution in [-0.2, 0) is 0 Å². The maximum absolute atomic E-state index is 15.3. The molecule has 2 aromatic rings. The van der Waals surface area contributed by atoms with E-state index >= 15 is 4.39 Å². The number of aromatic nitrogens is 1. The van der Waals surface area contributed by atoms with Gasteiger partial charge in [0, 0.05) is 43.8 Å². The van der Waals surface area contributed by atoms with E-state index in [4.69, 9.17) is 4.74 Å². The highest BCUT2D eigenvalue weighted by Crippen LogP contribution is 2.44. The summed E-state index contributed by atoms with van der Waals surface area (Å²) < 4.78 is 37.3. The number of nitrogens with zero attached hydrogens (tertiary/aromatic N) is 2. The number of nitrogens with one attached hydrogen (secondary N) is 1. The van der Waals surface area contributed by atoms with Gasteiger partial charge < -0.3 is 24.6 Å². The molecule has 0 bridgehead atoms. The molecule has 0 amide bonds. The number of benzene rings is 1. The number of fused-ring (bicyclic) bond motifs is 1. The lowest BCUT2D eigenvalue weighted by molar-refractivity contribution is 0.0694. The van der Waals surface area contributed by atoms with Gasteiger partial charge in [-0.15, -0.1) is 0 Å². The van der Waals surface area contributed by atoms with Crippen LogP contribution in [0.3, 0.4) is 0 Å². The average Bonchev–Trinajstić information content (AvgIpc) is 3.65. The molecule has 0 spiro atoms. The van der Waals surface area contributed by atoms with E-state index in [1.165, 1.54) is 13.3 Å². The predicted octanol–water partition coefficient (Wildman–Crippen LogP) is 2.71. The van der Waals surface area contributed by atoms with E-state index in [1.807, 2.05) is 0 Å². The lowest BCUT2D eigenvalue weighted by Crippen LogP contribution is -2.30. The molecule has 31 heavy (non-hydrogen) atoms. The third-order valence-corrected chi connectivity index (χ3v) is 6.50. The van der Waals surface area contributed by atoms with Gasteiger partial charge in [-0.1, -0.05) is 0 Å². The van der Waals surface area contributed by atoms with Crippen LogP contribution in [0.25, 0.3) is 10.9 Å². The van der Waals surface area contributed by atoms with Gasteiger partial charge >= 0.3 is 5.97 Å². The van der Waals surface area contributed by atoms with E-state index in [1.54, 1.807) is 9.47 Å². The molecule has 166 valence electrons. The first-order chi connectivity index (χ1) is 14.9. The van der Waals surface area contributed by atoms with Crippen LogP contribution in [-0.4, -0.2) is 54.6 Å². The van der Waals surface area contributed by atoms with Gasteiger partial charge in [0.15, 0.2) is 11.6 Å². The number of carboxylic acid groups (broad SMARTS) is 1. The highest BCUT2D eigenvalue weighted by atomic mass is 19.1. The summed E-state index contributed by atoms with van der Waals surface area (Å²) in [7, 11) is 1.39. The second-order valence-corrected chi connectivity index (χ2v) is 8.82. The van der Waals surface area contributed by atoms with Crippen LogP contribution in [0, 0.1) is 11.7 Å². The van der Waals surface area contributed by atoms with Gasteiger partial charge in [0.25, 0.3) is 0 Å². The largest absolute Gasteiger partial charge is 0.492 e. The van der Waals surface area contributed by atoms with Crippen molar-refractivity contribution in [2.45, 2.75) is 43.9 Å². The molecule has 7 nitrogen and oxygen atoms in total. The third-order valence-electron chi connectivity index (χ3n) is 6.50. The Hall–Kier alpha value is -2.68. The molecule has 9 heteroatoms. The van der Waals surface area contributed by atoms with Crippen LogP contribution >= 0.6 is 0 Å². The molecule has 3 aliphatic rings. The molecule has 2 atom stereocenters. The number of alkyl halides is 1. The number of anilines is 1. The van der Waals surface area contributed by atoms with Crippen LogP contribution < -0.4 is 20.4 Å². The van der Waals surface area contributed by atoms with E-state index in [9.17, 15) is 19.1 Å². The van der Waals surface area contributed by atoms with Gasteiger partial charge in [-0.25, -0.2) is 13.6 Å². The van der Waals surface area contributed by atoms with Gasteiger partial charge in [-0.3, -0.25) is 4.79 Å². The summed E-state index contributed by atoms with van der Waals surface area (Å²) >= 11 is 0. The Balaban J connectivity index is 1.61. The van der Waals surface area contributed by atoms with E-state index in [2.05, 4.69) is 5.32 Å². The highest BCUT2D eigenvalue weighted by Gasteiger charge is 2.38. The molecule has 2 heterocycles. The van der Waals surface area contributed by atoms with E-state index in [0.717, 1.165) is 31.7 Å². The van der Waals surface area contributed by atoms with Gasteiger partial charge in [0.1, 0.15) is 17.4 Å². The lowest BCUT2D eigenvalue weighted by Gasteiger charge is -2.24. The normalized spacial score (nSPS) is 23.5. The van der Waals surface area contributed by atoms with Crippen molar-refractivity contribution in [2.24, 2.45) is 5.92 Å². The predicted molar refractivity (Wildman–Crippen MR) is 112 cm³/mol. The topological polar surface area (TPSA) is 83.8 Å². The summed E-state index contributed by atoms with van der Waals surface area (Å²) in [4.78, 5) is 26.0. The van der Waals surface area contributed by atoms with Crippen molar-refractivity contribution in [2.75, 3.05) is 31.6 Å². The van der Waals surface area contributed by atoms with Crippen molar-refractivity contribution < 1.29 is 23.4 Å². The number of halogens is 2. The van der Waals surface area contributed by atoms with Crippen LogP contribution in [0.4, 0.5) is 14.5 Å². The molecule has 1 saturated heterocycles. The second kappa shape index (κ2) is 7.47. The van der Waals surface area contributed by atoms with E-state index in [0.29, 0.717) is 24.6 Å². The summed E-state index contributed by atoms with van der Waals surface area (Å²) in [6.07, 6.45) is 4.09. The number of pyridine rings is 1. The summed E-state index contributed by atoms with van der Waals surface area (Å²) in [5.74, 6) is -2.18. The second-order valence-electron chi connectivity index (χ2n) is 8.82. The minimum absolute atomic E-state index is 0.0244. The monoisotopic (exact) mass is 433 g/mol. The van der Waals surface area contributed by atoms with Crippen molar-refractivity contribution in [1.82, 2.24) is 9.88 Å². The van der Waals surface area contributed by atoms with Crippen molar-refractivity contribution in [3.05, 3.63) is 33.9 Å². The molecular weight excluding hydrogens is 408 g/mol. The zero-order valence-corrected chi connectivity index (χ0v) is 17.2. The summed E-state index contributed by atoms with van der Waals surface area (Å²) in [6.45, 7) is 0.909. The SMILES string of the molecule is COc1c(N2CC(F)C(CNC3CC3)C2)c(F)cc2c(=O)c(C(=O)O)cn(C3CC3)c12. The lowest BCUT2D eigenvalue weighted by atomic mass is 10.1. The first-order valence-electron chi connectivity index (χ1n) is 10.7. The zero-order valence-electron chi connectivity index (χ0n) is 17.2. The summed E-state index contributed by atoms with van der Waals surface area (Å²) in [5.41, 5.74) is -0.654. The van der Waals surface area contributed by atoms with Crippen molar-refractivity contribution in [1.29, 1.82) is 0 Å².